The first-order valence-electron chi connectivity index (χ1n) is 5.51. The van der Waals surface area contributed by atoms with E-state index in [0.717, 1.165) is 17.7 Å². The van der Waals surface area contributed by atoms with Crippen LogP contribution in [0, 0.1) is 0 Å². The first kappa shape index (κ1) is 12.0. The van der Waals surface area contributed by atoms with Crippen LogP contribution in [-0.4, -0.2) is 6.54 Å². The number of ether oxygens (including phenoxy) is 1. The minimum Gasteiger partial charge on any atom is -0.456 e. The van der Waals surface area contributed by atoms with E-state index in [1.807, 2.05) is 48.5 Å². The second-order valence-electron chi connectivity index (χ2n) is 3.72. The molecule has 0 aliphatic heterocycles. The van der Waals surface area contributed by atoms with Crippen molar-refractivity contribution in [1.29, 1.82) is 0 Å². The molecular formula is C14H14ClNO. The number of hydrogen-bond acceptors (Lipinski definition) is 2. The van der Waals surface area contributed by atoms with Crippen molar-refractivity contribution in [1.82, 2.24) is 0 Å². The summed E-state index contributed by atoms with van der Waals surface area (Å²) >= 11 is 6.15. The number of nitrogens with two attached hydrogens (primary N) is 1. The third kappa shape index (κ3) is 3.22. The zero-order chi connectivity index (χ0) is 12.1. The Kier molecular flexibility index (Phi) is 4.02. The summed E-state index contributed by atoms with van der Waals surface area (Å²) in [4.78, 5) is 0. The summed E-state index contributed by atoms with van der Waals surface area (Å²) in [6, 6.07) is 15.3. The fourth-order valence-corrected chi connectivity index (χ4v) is 1.81. The molecule has 0 aliphatic rings. The van der Waals surface area contributed by atoms with Crippen LogP contribution in [0.15, 0.2) is 48.5 Å². The molecule has 0 saturated carbocycles. The largest absolute Gasteiger partial charge is 0.456 e. The normalized spacial score (nSPS) is 10.2. The average Bonchev–Trinajstić information content (AvgIpc) is 2.34. The molecule has 0 aliphatic carbocycles. The molecule has 0 unspecified atom stereocenters. The van der Waals surface area contributed by atoms with E-state index in [2.05, 4.69) is 0 Å². The molecule has 17 heavy (non-hydrogen) atoms. The van der Waals surface area contributed by atoms with E-state index in [-0.39, 0.29) is 0 Å². The molecule has 0 atom stereocenters. The van der Waals surface area contributed by atoms with Crippen LogP contribution in [0.25, 0.3) is 0 Å². The van der Waals surface area contributed by atoms with E-state index in [1.54, 1.807) is 0 Å². The molecular weight excluding hydrogens is 234 g/mol. The van der Waals surface area contributed by atoms with Gasteiger partial charge >= 0.3 is 0 Å². The summed E-state index contributed by atoms with van der Waals surface area (Å²) in [5, 5.41) is 0.611. The highest BCUT2D eigenvalue weighted by Crippen LogP contribution is 2.29. The van der Waals surface area contributed by atoms with Gasteiger partial charge in [0.15, 0.2) is 0 Å². The molecule has 2 aromatic carbocycles. The Balaban J connectivity index is 2.17. The van der Waals surface area contributed by atoms with Gasteiger partial charge in [-0.05, 0) is 42.8 Å². The highest BCUT2D eigenvalue weighted by atomic mass is 35.5. The van der Waals surface area contributed by atoms with E-state index in [1.165, 1.54) is 0 Å². The lowest BCUT2D eigenvalue weighted by atomic mass is 10.1. The molecule has 0 heterocycles. The van der Waals surface area contributed by atoms with Gasteiger partial charge in [0.05, 0.1) is 5.02 Å². The van der Waals surface area contributed by atoms with E-state index < -0.39 is 0 Å². The Morgan fingerprint density at radius 2 is 1.82 bits per heavy atom. The molecule has 0 saturated heterocycles. The maximum atomic E-state index is 6.15. The maximum Gasteiger partial charge on any atom is 0.146 e. The van der Waals surface area contributed by atoms with Crippen LogP contribution < -0.4 is 10.5 Å². The fraction of sp³-hybridized carbons (Fsp3) is 0.143. The zero-order valence-corrected chi connectivity index (χ0v) is 10.2. The third-order valence-electron chi connectivity index (χ3n) is 2.40. The van der Waals surface area contributed by atoms with Crippen LogP contribution in [0.5, 0.6) is 11.5 Å². The Labute approximate surface area is 106 Å². The Morgan fingerprint density at radius 3 is 2.47 bits per heavy atom. The summed E-state index contributed by atoms with van der Waals surface area (Å²) in [6.45, 7) is 0.620. The molecule has 88 valence electrons. The van der Waals surface area contributed by atoms with Crippen molar-refractivity contribution in [3.05, 3.63) is 59.1 Å². The SMILES string of the molecule is NCCc1ccc(Oc2ccccc2)c(Cl)c1. The number of halogens is 1. The number of benzene rings is 2. The molecule has 0 amide bonds. The van der Waals surface area contributed by atoms with Crippen molar-refractivity contribution in [2.24, 2.45) is 5.73 Å². The average molecular weight is 248 g/mol. The minimum absolute atomic E-state index is 0.611. The van der Waals surface area contributed by atoms with Crippen molar-refractivity contribution in [3.8, 4) is 11.5 Å². The van der Waals surface area contributed by atoms with E-state index in [9.17, 15) is 0 Å². The van der Waals surface area contributed by atoms with Gasteiger partial charge in [0.1, 0.15) is 11.5 Å². The van der Waals surface area contributed by atoms with Crippen LogP contribution in [0.3, 0.4) is 0 Å². The summed E-state index contributed by atoms with van der Waals surface area (Å²) < 4.78 is 5.68. The smallest absolute Gasteiger partial charge is 0.146 e. The van der Waals surface area contributed by atoms with E-state index in [4.69, 9.17) is 22.1 Å². The molecule has 3 heteroatoms. The van der Waals surface area contributed by atoms with Gasteiger partial charge in [0, 0.05) is 0 Å². The Morgan fingerprint density at radius 1 is 1.06 bits per heavy atom. The van der Waals surface area contributed by atoms with Crippen LogP contribution in [0.1, 0.15) is 5.56 Å². The molecule has 2 N–H and O–H groups in total. The lowest BCUT2D eigenvalue weighted by molar-refractivity contribution is 0.482. The van der Waals surface area contributed by atoms with Gasteiger partial charge in [-0.2, -0.15) is 0 Å². The second-order valence-corrected chi connectivity index (χ2v) is 4.13. The van der Waals surface area contributed by atoms with Crippen molar-refractivity contribution >= 4 is 11.6 Å². The molecule has 2 aromatic rings. The highest BCUT2D eigenvalue weighted by Gasteiger charge is 2.04. The van der Waals surface area contributed by atoms with Crippen molar-refractivity contribution in [2.75, 3.05) is 6.54 Å². The number of hydrogen-bond donors (Lipinski definition) is 1. The van der Waals surface area contributed by atoms with Crippen molar-refractivity contribution in [3.63, 3.8) is 0 Å². The van der Waals surface area contributed by atoms with Gasteiger partial charge in [0.2, 0.25) is 0 Å². The quantitative estimate of drug-likeness (QED) is 0.895. The lowest BCUT2D eigenvalue weighted by Gasteiger charge is -2.08. The van der Waals surface area contributed by atoms with Crippen molar-refractivity contribution in [2.45, 2.75) is 6.42 Å². The first-order chi connectivity index (χ1) is 8.29. The minimum atomic E-state index is 0.611. The maximum absolute atomic E-state index is 6.15. The molecule has 2 nitrogen and oxygen atoms in total. The van der Waals surface area contributed by atoms with Crippen LogP contribution in [0.4, 0.5) is 0 Å². The Hall–Kier alpha value is -1.51. The van der Waals surface area contributed by atoms with Gasteiger partial charge < -0.3 is 10.5 Å². The summed E-state index contributed by atoms with van der Waals surface area (Å²) in [7, 11) is 0. The fourth-order valence-electron chi connectivity index (χ4n) is 1.56. The lowest BCUT2D eigenvalue weighted by Crippen LogP contribution is -2.02. The monoisotopic (exact) mass is 247 g/mol. The number of rotatable bonds is 4. The Bertz CT molecular complexity index is 485. The van der Waals surface area contributed by atoms with Gasteiger partial charge in [-0.1, -0.05) is 35.9 Å². The van der Waals surface area contributed by atoms with Gasteiger partial charge in [-0.3, -0.25) is 0 Å². The molecule has 0 aromatic heterocycles. The van der Waals surface area contributed by atoms with Crippen LogP contribution in [-0.2, 0) is 6.42 Å². The number of para-hydroxylation sites is 1. The van der Waals surface area contributed by atoms with Crippen LogP contribution in [0.2, 0.25) is 5.02 Å². The zero-order valence-electron chi connectivity index (χ0n) is 9.40. The summed E-state index contributed by atoms with van der Waals surface area (Å²) in [6.07, 6.45) is 0.825. The molecule has 0 spiro atoms. The van der Waals surface area contributed by atoms with Crippen molar-refractivity contribution < 1.29 is 4.74 Å². The predicted octanol–water partition coefficient (Wildman–Crippen LogP) is 3.63. The molecule has 0 bridgehead atoms. The summed E-state index contributed by atoms with van der Waals surface area (Å²) in [5.41, 5.74) is 6.62. The van der Waals surface area contributed by atoms with Gasteiger partial charge in [-0.25, -0.2) is 0 Å². The third-order valence-corrected chi connectivity index (χ3v) is 2.70. The highest BCUT2D eigenvalue weighted by molar-refractivity contribution is 6.32. The molecule has 0 fully saturated rings. The molecule has 2 rings (SSSR count). The van der Waals surface area contributed by atoms with E-state index >= 15 is 0 Å². The first-order valence-corrected chi connectivity index (χ1v) is 5.89. The summed E-state index contributed by atoms with van der Waals surface area (Å²) in [5.74, 6) is 1.44. The van der Waals surface area contributed by atoms with E-state index in [0.29, 0.717) is 17.3 Å². The topological polar surface area (TPSA) is 35.2 Å². The van der Waals surface area contributed by atoms with Crippen LogP contribution >= 0.6 is 11.6 Å². The molecule has 0 radical (unpaired) electrons. The second kappa shape index (κ2) is 5.71. The standard InChI is InChI=1S/C14H14ClNO/c15-13-10-11(8-9-16)6-7-14(13)17-12-4-2-1-3-5-12/h1-7,10H,8-9,16H2. The van der Waals surface area contributed by atoms with Gasteiger partial charge in [0.25, 0.3) is 0 Å². The predicted molar refractivity (Wildman–Crippen MR) is 70.7 cm³/mol. The van der Waals surface area contributed by atoms with Gasteiger partial charge in [-0.15, -0.1) is 0 Å².